The van der Waals surface area contributed by atoms with E-state index in [4.69, 9.17) is 0 Å². The fourth-order valence-electron chi connectivity index (χ4n) is 8.09. The third-order valence-corrected chi connectivity index (χ3v) is 11.4. The molecule has 0 N–H and O–H groups in total. The van der Waals surface area contributed by atoms with Crippen LogP contribution in [-0.4, -0.2) is 4.40 Å². The molecule has 3 aromatic heterocycles. The summed E-state index contributed by atoms with van der Waals surface area (Å²) in [5, 5.41) is 10.5. The molecular weight excluding hydrogens is 613 g/mol. The molecule has 0 radical (unpaired) electrons. The van der Waals surface area contributed by atoms with Crippen LogP contribution in [0, 0.1) is 0 Å². The molecule has 2 nitrogen and oxygen atoms in total. The standard InChI is InChI=1S/C46H28N2S/c1-3-10-32(11-4-1)47(33-12-5-2-6-13-33)34-22-18-29(19-23-34)30-21-25-43-40(26-30)41-27-31-20-24-38-37-16-9-15-36-35-14-7-8-17-42(35)48(45(36)37)46(38)39(31)28-44(41)49-43/h1-28H. The maximum atomic E-state index is 2.51. The molecule has 0 fully saturated rings. The second kappa shape index (κ2) is 10.2. The summed E-state index contributed by atoms with van der Waals surface area (Å²) in [6, 6.07) is 62.2. The average Bonchev–Trinajstić information content (AvgIpc) is 3.82. The van der Waals surface area contributed by atoms with Crippen molar-refractivity contribution in [2.45, 2.75) is 0 Å². The zero-order valence-corrected chi connectivity index (χ0v) is 27.3. The van der Waals surface area contributed by atoms with Gasteiger partial charge in [0.15, 0.2) is 0 Å². The van der Waals surface area contributed by atoms with Crippen LogP contribution in [0.3, 0.4) is 0 Å². The fourth-order valence-corrected chi connectivity index (χ4v) is 9.20. The molecule has 11 aromatic rings. The molecule has 0 unspecified atom stereocenters. The highest BCUT2D eigenvalue weighted by molar-refractivity contribution is 7.25. The first-order valence-corrected chi connectivity index (χ1v) is 17.6. The minimum atomic E-state index is 1.14. The van der Waals surface area contributed by atoms with E-state index in [2.05, 4.69) is 179 Å². The largest absolute Gasteiger partial charge is 0.311 e. The van der Waals surface area contributed by atoms with E-state index < -0.39 is 0 Å². The molecule has 0 amide bonds. The molecule has 0 aliphatic carbocycles. The predicted molar refractivity (Wildman–Crippen MR) is 212 cm³/mol. The maximum Gasteiger partial charge on any atom is 0.0620 e. The van der Waals surface area contributed by atoms with Gasteiger partial charge in [-0.3, -0.25) is 0 Å². The minimum Gasteiger partial charge on any atom is -0.311 e. The van der Waals surface area contributed by atoms with Gasteiger partial charge in [-0.25, -0.2) is 0 Å². The molecule has 0 aliphatic rings. The third-order valence-electron chi connectivity index (χ3n) is 10.3. The van der Waals surface area contributed by atoms with Crippen LogP contribution in [-0.2, 0) is 0 Å². The normalized spacial score (nSPS) is 12.1. The number of thiophene rings is 1. The molecule has 0 bridgehead atoms. The molecule has 3 heteroatoms. The fraction of sp³-hybridized carbons (Fsp3) is 0. The smallest absolute Gasteiger partial charge is 0.0620 e. The lowest BCUT2D eigenvalue weighted by Crippen LogP contribution is -2.09. The highest BCUT2D eigenvalue weighted by atomic mass is 32.1. The lowest BCUT2D eigenvalue weighted by atomic mass is 10.00. The van der Waals surface area contributed by atoms with E-state index in [1.165, 1.54) is 80.2 Å². The quantitative estimate of drug-likeness (QED) is 0.186. The van der Waals surface area contributed by atoms with Crippen molar-refractivity contribution in [3.8, 4) is 11.1 Å². The van der Waals surface area contributed by atoms with E-state index >= 15 is 0 Å². The van der Waals surface area contributed by atoms with Crippen LogP contribution >= 0.6 is 11.3 Å². The van der Waals surface area contributed by atoms with Crippen molar-refractivity contribution in [1.82, 2.24) is 4.40 Å². The molecule has 0 saturated heterocycles. The van der Waals surface area contributed by atoms with Gasteiger partial charge in [0.1, 0.15) is 0 Å². The van der Waals surface area contributed by atoms with Crippen LogP contribution in [0.15, 0.2) is 170 Å². The van der Waals surface area contributed by atoms with Crippen LogP contribution in [0.1, 0.15) is 0 Å². The third kappa shape index (κ3) is 3.88. The topological polar surface area (TPSA) is 7.65 Å². The SMILES string of the molecule is c1ccc(N(c2ccccc2)c2ccc(-c3ccc4sc5cc6c(ccc7c8cccc9c%10ccccc%10n(c67)c98)cc5c4c3)cc2)cc1. The zero-order valence-electron chi connectivity index (χ0n) is 26.5. The van der Waals surface area contributed by atoms with E-state index in [1.807, 2.05) is 11.3 Å². The first kappa shape index (κ1) is 26.9. The van der Waals surface area contributed by atoms with Crippen molar-refractivity contribution in [3.63, 3.8) is 0 Å². The first-order valence-electron chi connectivity index (χ1n) is 16.8. The van der Waals surface area contributed by atoms with Gasteiger partial charge in [0.25, 0.3) is 0 Å². The summed E-state index contributed by atoms with van der Waals surface area (Å²) in [4.78, 5) is 2.31. The van der Waals surface area contributed by atoms with E-state index in [1.54, 1.807) is 0 Å². The molecule has 0 aliphatic heterocycles. The van der Waals surface area contributed by atoms with E-state index in [-0.39, 0.29) is 0 Å². The number of rotatable bonds is 4. The van der Waals surface area contributed by atoms with E-state index in [9.17, 15) is 0 Å². The molecule has 3 heterocycles. The van der Waals surface area contributed by atoms with E-state index in [0.29, 0.717) is 0 Å². The van der Waals surface area contributed by atoms with Gasteiger partial charge in [0, 0.05) is 64.2 Å². The monoisotopic (exact) mass is 640 g/mol. The summed E-state index contributed by atoms with van der Waals surface area (Å²) in [5.74, 6) is 0. The Balaban J connectivity index is 1.06. The Hall–Kier alpha value is -6.16. The Bertz CT molecular complexity index is 2990. The molecule has 8 aromatic carbocycles. The summed E-state index contributed by atoms with van der Waals surface area (Å²) in [7, 11) is 0. The van der Waals surface area contributed by atoms with Gasteiger partial charge >= 0.3 is 0 Å². The summed E-state index contributed by atoms with van der Waals surface area (Å²) in [6.45, 7) is 0. The molecule has 11 rings (SSSR count). The van der Waals surface area contributed by atoms with Crippen LogP contribution in [0.4, 0.5) is 17.1 Å². The van der Waals surface area contributed by atoms with Crippen LogP contribution in [0.2, 0.25) is 0 Å². The summed E-state index contributed by atoms with van der Waals surface area (Å²) < 4.78 is 5.15. The van der Waals surface area contributed by atoms with Crippen LogP contribution in [0.25, 0.3) is 80.2 Å². The van der Waals surface area contributed by atoms with E-state index in [0.717, 1.165) is 17.1 Å². The van der Waals surface area contributed by atoms with Gasteiger partial charge in [-0.05, 0) is 83.2 Å². The summed E-state index contributed by atoms with van der Waals surface area (Å²) in [6.07, 6.45) is 0. The predicted octanol–water partition coefficient (Wildman–Crippen LogP) is 13.5. The number of anilines is 3. The number of para-hydroxylation sites is 4. The number of hydrogen-bond donors (Lipinski definition) is 0. The average molecular weight is 641 g/mol. The Kier molecular flexibility index (Phi) is 5.57. The molecule has 0 spiro atoms. The number of hydrogen-bond acceptors (Lipinski definition) is 2. The molecule has 228 valence electrons. The number of fused-ring (bicyclic) bond motifs is 11. The van der Waals surface area contributed by atoms with Crippen molar-refractivity contribution >= 4 is 97.4 Å². The minimum absolute atomic E-state index is 1.14. The van der Waals surface area contributed by atoms with Crippen molar-refractivity contribution in [2.24, 2.45) is 0 Å². The van der Waals surface area contributed by atoms with Gasteiger partial charge in [-0.15, -0.1) is 11.3 Å². The zero-order chi connectivity index (χ0) is 32.1. The molecule has 0 saturated carbocycles. The first-order chi connectivity index (χ1) is 24.3. The van der Waals surface area contributed by atoms with Crippen LogP contribution < -0.4 is 4.90 Å². The Morgan fingerprint density at radius 2 is 0.959 bits per heavy atom. The highest BCUT2D eigenvalue weighted by Gasteiger charge is 2.19. The van der Waals surface area contributed by atoms with Crippen LogP contribution in [0.5, 0.6) is 0 Å². The molecule has 49 heavy (non-hydrogen) atoms. The van der Waals surface area contributed by atoms with Crippen molar-refractivity contribution in [1.29, 1.82) is 0 Å². The highest BCUT2D eigenvalue weighted by Crippen LogP contribution is 2.44. The number of aromatic nitrogens is 1. The summed E-state index contributed by atoms with van der Waals surface area (Å²) in [5.41, 5.74) is 9.78. The summed E-state index contributed by atoms with van der Waals surface area (Å²) >= 11 is 1.89. The molecule has 0 atom stereocenters. The van der Waals surface area contributed by atoms with Crippen molar-refractivity contribution < 1.29 is 0 Å². The van der Waals surface area contributed by atoms with Gasteiger partial charge in [0.2, 0.25) is 0 Å². The second-order valence-corrected chi connectivity index (χ2v) is 14.0. The molecular formula is C46H28N2S. The number of benzene rings is 8. The Morgan fingerprint density at radius 3 is 1.73 bits per heavy atom. The lowest BCUT2D eigenvalue weighted by Gasteiger charge is -2.25. The number of nitrogens with zero attached hydrogens (tertiary/aromatic N) is 2. The lowest BCUT2D eigenvalue weighted by molar-refractivity contribution is 1.28. The maximum absolute atomic E-state index is 2.51. The van der Waals surface area contributed by atoms with Gasteiger partial charge in [-0.1, -0.05) is 103 Å². The Labute approximate surface area is 286 Å². The van der Waals surface area contributed by atoms with Crippen molar-refractivity contribution in [3.05, 3.63) is 170 Å². The second-order valence-electron chi connectivity index (χ2n) is 13.0. The van der Waals surface area contributed by atoms with Gasteiger partial charge < -0.3 is 9.30 Å². The van der Waals surface area contributed by atoms with Gasteiger partial charge in [-0.2, -0.15) is 0 Å². The Morgan fingerprint density at radius 1 is 0.367 bits per heavy atom. The van der Waals surface area contributed by atoms with Gasteiger partial charge in [0.05, 0.1) is 16.6 Å². The van der Waals surface area contributed by atoms with Crippen molar-refractivity contribution in [2.75, 3.05) is 4.90 Å².